The monoisotopic (exact) mass is 509 g/mol. The molecule has 2 atom stereocenters. The van der Waals surface area contributed by atoms with E-state index in [2.05, 4.69) is 68.1 Å². The molecule has 6 nitrogen and oxygen atoms in total. The Morgan fingerprint density at radius 1 is 1.14 bits per heavy atom. The van der Waals surface area contributed by atoms with Gasteiger partial charge in [0.25, 0.3) is 0 Å². The molecule has 35 heavy (non-hydrogen) atoms. The Morgan fingerprint density at radius 2 is 1.97 bits per heavy atom. The van der Waals surface area contributed by atoms with Crippen molar-refractivity contribution >= 4 is 40.3 Å². The Bertz CT molecular complexity index is 1160. The molecule has 1 N–H and O–H groups in total. The lowest BCUT2D eigenvalue weighted by Crippen LogP contribution is -2.33. The maximum Gasteiger partial charge on any atom is 0.174 e. The van der Waals surface area contributed by atoms with Crippen LogP contribution >= 0.6 is 23.8 Å². The molecule has 0 bridgehead atoms. The lowest BCUT2D eigenvalue weighted by atomic mass is 9.98. The number of pyridine rings is 1. The molecule has 8 heteroatoms. The minimum atomic E-state index is -0.0954. The Kier molecular flexibility index (Phi) is 7.27. The lowest BCUT2D eigenvalue weighted by Gasteiger charge is -2.33. The van der Waals surface area contributed by atoms with Crippen LogP contribution in [0.2, 0.25) is 5.02 Å². The minimum Gasteiger partial charge on any atom is -0.383 e. The third-order valence-corrected chi connectivity index (χ3v) is 7.75. The molecule has 0 amide bonds. The molecule has 2 fully saturated rings. The maximum absolute atomic E-state index is 6.88. The van der Waals surface area contributed by atoms with E-state index in [0.29, 0.717) is 11.7 Å². The summed E-state index contributed by atoms with van der Waals surface area (Å²) < 4.78 is 7.59. The second-order valence-electron chi connectivity index (χ2n) is 9.42. The molecular weight excluding hydrogens is 478 g/mol. The zero-order chi connectivity index (χ0) is 24.4. The highest BCUT2D eigenvalue weighted by Gasteiger charge is 2.42. The molecule has 0 aliphatic carbocycles. The average molecular weight is 510 g/mol. The van der Waals surface area contributed by atoms with Crippen molar-refractivity contribution in [3.63, 3.8) is 0 Å². The van der Waals surface area contributed by atoms with Gasteiger partial charge in [0.15, 0.2) is 5.11 Å². The van der Waals surface area contributed by atoms with Crippen LogP contribution in [0.4, 0.5) is 11.4 Å². The second kappa shape index (κ2) is 10.6. The van der Waals surface area contributed by atoms with Gasteiger partial charge in [-0.3, -0.25) is 4.98 Å². The number of methoxy groups -OCH3 is 1. The van der Waals surface area contributed by atoms with Crippen molar-refractivity contribution in [2.75, 3.05) is 36.6 Å². The number of thiocarbonyl (C=S) groups is 1. The van der Waals surface area contributed by atoms with E-state index in [1.54, 1.807) is 7.11 Å². The molecule has 2 aromatic heterocycles. The van der Waals surface area contributed by atoms with Crippen LogP contribution in [0.25, 0.3) is 0 Å². The van der Waals surface area contributed by atoms with Crippen molar-refractivity contribution < 1.29 is 4.74 Å². The highest BCUT2D eigenvalue weighted by atomic mass is 35.5. The van der Waals surface area contributed by atoms with Crippen molar-refractivity contribution in [3.8, 4) is 0 Å². The summed E-state index contributed by atoms with van der Waals surface area (Å²) >= 11 is 12.8. The van der Waals surface area contributed by atoms with Crippen LogP contribution in [0.15, 0.2) is 60.9 Å². The van der Waals surface area contributed by atoms with Crippen LogP contribution in [0.3, 0.4) is 0 Å². The number of nitrogens with zero attached hydrogens (tertiary/aromatic N) is 4. The number of benzene rings is 1. The molecule has 2 saturated heterocycles. The molecule has 4 heterocycles. The largest absolute Gasteiger partial charge is 0.383 e. The number of rotatable bonds is 7. The first-order valence-electron chi connectivity index (χ1n) is 12.3. The van der Waals surface area contributed by atoms with Gasteiger partial charge in [-0.1, -0.05) is 24.6 Å². The maximum atomic E-state index is 6.88. The molecule has 1 aromatic carbocycles. The van der Waals surface area contributed by atoms with E-state index in [4.69, 9.17) is 28.6 Å². The van der Waals surface area contributed by atoms with E-state index in [9.17, 15) is 0 Å². The number of aromatic nitrogens is 2. The summed E-state index contributed by atoms with van der Waals surface area (Å²) in [6.45, 7) is 5.81. The molecule has 184 valence electrons. The first-order valence-corrected chi connectivity index (χ1v) is 13.0. The molecule has 0 saturated carbocycles. The molecule has 0 radical (unpaired) electrons. The number of nitrogens with one attached hydrogen (secondary N) is 1. The molecule has 2 aliphatic rings. The summed E-state index contributed by atoms with van der Waals surface area (Å²) in [5.41, 5.74) is 4.17. The topological polar surface area (TPSA) is 45.6 Å². The first kappa shape index (κ1) is 24.1. The number of ether oxygens (including phenoxy) is 1. The Labute approximate surface area is 217 Å². The summed E-state index contributed by atoms with van der Waals surface area (Å²) in [6, 6.07) is 16.4. The fourth-order valence-electron chi connectivity index (χ4n) is 5.17. The Balaban J connectivity index is 1.52. The van der Waals surface area contributed by atoms with Gasteiger partial charge in [-0.2, -0.15) is 0 Å². The smallest absolute Gasteiger partial charge is 0.174 e. The predicted molar refractivity (Wildman–Crippen MR) is 146 cm³/mol. The van der Waals surface area contributed by atoms with Gasteiger partial charge in [0.05, 0.1) is 29.1 Å². The SMILES string of the molecule is COCCn1cccc1[C@@H]1[C@@H](c2ccccn2)NC(=S)N1c1ccc(N2CCC(C)CC2)c(Cl)c1. The minimum absolute atomic E-state index is 0.0815. The molecule has 5 rings (SSSR count). The second-order valence-corrected chi connectivity index (χ2v) is 10.2. The van der Waals surface area contributed by atoms with Gasteiger partial charge >= 0.3 is 0 Å². The van der Waals surface area contributed by atoms with Gasteiger partial charge in [-0.15, -0.1) is 0 Å². The van der Waals surface area contributed by atoms with E-state index in [1.165, 1.54) is 12.8 Å². The van der Waals surface area contributed by atoms with E-state index < -0.39 is 0 Å². The third kappa shape index (κ3) is 4.90. The van der Waals surface area contributed by atoms with Crippen molar-refractivity contribution in [2.24, 2.45) is 5.92 Å². The molecule has 0 spiro atoms. The number of anilines is 2. The van der Waals surface area contributed by atoms with E-state index in [-0.39, 0.29) is 12.1 Å². The first-order chi connectivity index (χ1) is 17.1. The van der Waals surface area contributed by atoms with Crippen molar-refractivity contribution in [1.82, 2.24) is 14.9 Å². The number of piperidine rings is 1. The number of hydrogen-bond acceptors (Lipinski definition) is 4. The third-order valence-electron chi connectivity index (χ3n) is 7.14. The van der Waals surface area contributed by atoms with E-state index >= 15 is 0 Å². The number of halogens is 1. The standard InChI is InChI=1S/C27H32ClN5OS/c1-19-10-14-32(15-11-19)23-9-8-20(18-21(23)28)33-26(24-7-5-13-31(24)16-17-34-2)25(30-27(33)35)22-6-3-4-12-29-22/h3-9,12-13,18-19,25-26H,10-11,14-17H2,1-2H3,(H,30,35)/t25-,26-/m1/s1. The fraction of sp³-hybridized carbons (Fsp3) is 0.407. The van der Waals surface area contributed by atoms with Gasteiger partial charge < -0.3 is 24.4 Å². The molecule has 2 aliphatic heterocycles. The Morgan fingerprint density at radius 3 is 2.69 bits per heavy atom. The fourth-order valence-corrected chi connectivity index (χ4v) is 5.81. The van der Waals surface area contributed by atoms with E-state index in [0.717, 1.165) is 53.3 Å². The highest BCUT2D eigenvalue weighted by Crippen LogP contribution is 2.43. The molecule has 0 unspecified atom stereocenters. The van der Waals surface area contributed by atoms with Gasteiger partial charge in [-0.05, 0) is 73.4 Å². The molecule has 3 aromatic rings. The summed E-state index contributed by atoms with van der Waals surface area (Å²) in [7, 11) is 1.73. The van der Waals surface area contributed by atoms with Gasteiger partial charge in [0.2, 0.25) is 0 Å². The summed E-state index contributed by atoms with van der Waals surface area (Å²) in [5, 5.41) is 4.97. The quantitative estimate of drug-likeness (QED) is 0.418. The lowest BCUT2D eigenvalue weighted by molar-refractivity contribution is 0.186. The van der Waals surface area contributed by atoms with Crippen LogP contribution in [0.1, 0.15) is 43.2 Å². The van der Waals surface area contributed by atoms with Crippen molar-refractivity contribution in [3.05, 3.63) is 77.3 Å². The number of hydrogen-bond donors (Lipinski definition) is 1. The highest BCUT2D eigenvalue weighted by molar-refractivity contribution is 7.80. The van der Waals surface area contributed by atoms with E-state index in [1.807, 2.05) is 24.4 Å². The van der Waals surface area contributed by atoms with Crippen molar-refractivity contribution in [1.29, 1.82) is 0 Å². The predicted octanol–water partition coefficient (Wildman–Crippen LogP) is 5.60. The normalized spacial score (nSPS) is 20.9. The summed E-state index contributed by atoms with van der Waals surface area (Å²) in [6.07, 6.45) is 6.32. The van der Waals surface area contributed by atoms with Gasteiger partial charge in [-0.25, -0.2) is 0 Å². The molecular formula is C27H32ClN5OS. The van der Waals surface area contributed by atoms with Crippen LogP contribution < -0.4 is 15.1 Å². The zero-order valence-electron chi connectivity index (χ0n) is 20.2. The van der Waals surface area contributed by atoms with Gasteiger partial charge in [0.1, 0.15) is 6.04 Å². The van der Waals surface area contributed by atoms with Crippen LogP contribution in [0, 0.1) is 5.92 Å². The zero-order valence-corrected chi connectivity index (χ0v) is 21.8. The summed E-state index contributed by atoms with van der Waals surface area (Å²) in [4.78, 5) is 9.24. The van der Waals surface area contributed by atoms with Gasteiger partial charge in [0, 0.05) is 50.5 Å². The van der Waals surface area contributed by atoms with Crippen molar-refractivity contribution in [2.45, 2.75) is 38.4 Å². The average Bonchev–Trinajstić information content (AvgIpc) is 3.47. The van der Waals surface area contributed by atoms with Crippen LogP contribution in [0.5, 0.6) is 0 Å². The summed E-state index contributed by atoms with van der Waals surface area (Å²) in [5.74, 6) is 0.774. The Hall–Kier alpha value is -2.61. The van der Waals surface area contributed by atoms with Crippen LogP contribution in [-0.4, -0.2) is 41.5 Å². The van der Waals surface area contributed by atoms with Crippen LogP contribution in [-0.2, 0) is 11.3 Å².